The SMILES string of the molecule is Cc1cc(C)n(CCCNC(=O)NCCNS(C)(=O)=O)n1. The molecule has 0 fully saturated rings. The van der Waals surface area contributed by atoms with E-state index < -0.39 is 10.0 Å². The number of aryl methyl sites for hydroxylation is 3. The lowest BCUT2D eigenvalue weighted by molar-refractivity contribution is 0.240. The molecule has 0 spiro atoms. The molecule has 0 aliphatic carbocycles. The summed E-state index contributed by atoms with van der Waals surface area (Å²) < 4.78 is 25.8. The topological polar surface area (TPSA) is 105 Å². The first-order valence-electron chi connectivity index (χ1n) is 6.75. The predicted molar refractivity (Wildman–Crippen MR) is 80.6 cm³/mol. The summed E-state index contributed by atoms with van der Waals surface area (Å²) in [6.07, 6.45) is 1.85. The van der Waals surface area contributed by atoms with Crippen molar-refractivity contribution in [1.82, 2.24) is 25.1 Å². The van der Waals surface area contributed by atoms with Crippen molar-refractivity contribution in [1.29, 1.82) is 0 Å². The minimum atomic E-state index is -3.21. The first kappa shape index (κ1) is 17.4. The average molecular weight is 317 g/mol. The van der Waals surface area contributed by atoms with E-state index in [4.69, 9.17) is 0 Å². The Morgan fingerprint density at radius 2 is 1.90 bits per heavy atom. The lowest BCUT2D eigenvalue weighted by atomic mass is 10.4. The molecule has 0 aliphatic heterocycles. The van der Waals surface area contributed by atoms with Gasteiger partial charge in [0.15, 0.2) is 0 Å². The molecule has 0 aliphatic rings. The van der Waals surface area contributed by atoms with Crippen molar-refractivity contribution < 1.29 is 13.2 Å². The molecular weight excluding hydrogens is 294 g/mol. The molecule has 120 valence electrons. The van der Waals surface area contributed by atoms with E-state index in [9.17, 15) is 13.2 Å². The number of carbonyl (C=O) groups excluding carboxylic acids is 1. The van der Waals surface area contributed by atoms with Crippen LogP contribution in [0.15, 0.2) is 6.07 Å². The smallest absolute Gasteiger partial charge is 0.314 e. The largest absolute Gasteiger partial charge is 0.338 e. The maximum Gasteiger partial charge on any atom is 0.314 e. The summed E-state index contributed by atoms with van der Waals surface area (Å²) in [5.41, 5.74) is 2.08. The van der Waals surface area contributed by atoms with Gasteiger partial charge < -0.3 is 10.6 Å². The van der Waals surface area contributed by atoms with E-state index in [0.29, 0.717) is 6.54 Å². The Morgan fingerprint density at radius 3 is 2.48 bits per heavy atom. The number of rotatable bonds is 8. The molecule has 2 amide bonds. The second-order valence-electron chi connectivity index (χ2n) is 4.85. The maximum atomic E-state index is 11.4. The maximum absolute atomic E-state index is 11.4. The van der Waals surface area contributed by atoms with E-state index in [0.717, 1.165) is 30.6 Å². The van der Waals surface area contributed by atoms with Crippen molar-refractivity contribution in [2.45, 2.75) is 26.8 Å². The molecule has 0 saturated heterocycles. The quantitative estimate of drug-likeness (QED) is 0.574. The molecule has 1 aromatic rings. The zero-order valence-electron chi connectivity index (χ0n) is 12.6. The van der Waals surface area contributed by atoms with Crippen LogP contribution in [0.3, 0.4) is 0 Å². The van der Waals surface area contributed by atoms with Crippen LogP contribution in [0.25, 0.3) is 0 Å². The van der Waals surface area contributed by atoms with Gasteiger partial charge in [-0.25, -0.2) is 17.9 Å². The Bertz CT molecular complexity index is 567. The molecular formula is C12H23N5O3S. The summed E-state index contributed by atoms with van der Waals surface area (Å²) in [5.74, 6) is 0. The van der Waals surface area contributed by atoms with Crippen molar-refractivity contribution in [2.75, 3.05) is 25.9 Å². The fourth-order valence-corrected chi connectivity index (χ4v) is 2.28. The number of hydrogen-bond acceptors (Lipinski definition) is 4. The van der Waals surface area contributed by atoms with Crippen LogP contribution in [-0.4, -0.2) is 50.1 Å². The van der Waals surface area contributed by atoms with Crippen LogP contribution in [-0.2, 0) is 16.6 Å². The fraction of sp³-hybridized carbons (Fsp3) is 0.667. The van der Waals surface area contributed by atoms with Crippen LogP contribution in [0, 0.1) is 13.8 Å². The van der Waals surface area contributed by atoms with E-state index in [1.807, 2.05) is 24.6 Å². The van der Waals surface area contributed by atoms with Crippen molar-refractivity contribution in [3.8, 4) is 0 Å². The van der Waals surface area contributed by atoms with Gasteiger partial charge in [-0.2, -0.15) is 5.10 Å². The zero-order chi connectivity index (χ0) is 15.9. The number of hydrogen-bond donors (Lipinski definition) is 3. The molecule has 1 heterocycles. The monoisotopic (exact) mass is 317 g/mol. The summed E-state index contributed by atoms with van der Waals surface area (Å²) in [6.45, 7) is 5.64. The van der Waals surface area contributed by atoms with Crippen LogP contribution < -0.4 is 15.4 Å². The van der Waals surface area contributed by atoms with Gasteiger partial charge in [0.05, 0.1) is 11.9 Å². The molecule has 0 radical (unpaired) electrons. The fourth-order valence-electron chi connectivity index (χ4n) is 1.81. The number of nitrogens with zero attached hydrogens (tertiary/aromatic N) is 2. The van der Waals surface area contributed by atoms with Crippen molar-refractivity contribution in [3.63, 3.8) is 0 Å². The highest BCUT2D eigenvalue weighted by atomic mass is 32.2. The minimum absolute atomic E-state index is 0.179. The van der Waals surface area contributed by atoms with Crippen LogP contribution in [0.5, 0.6) is 0 Å². The molecule has 21 heavy (non-hydrogen) atoms. The molecule has 3 N–H and O–H groups in total. The summed E-state index contributed by atoms with van der Waals surface area (Å²) in [6, 6.07) is 1.70. The number of nitrogens with one attached hydrogen (secondary N) is 3. The van der Waals surface area contributed by atoms with Gasteiger partial charge in [-0.3, -0.25) is 4.68 Å². The van der Waals surface area contributed by atoms with E-state index in [1.165, 1.54) is 0 Å². The summed E-state index contributed by atoms with van der Waals surface area (Å²) >= 11 is 0. The molecule has 1 aromatic heterocycles. The Morgan fingerprint density at radius 1 is 1.24 bits per heavy atom. The average Bonchev–Trinajstić information content (AvgIpc) is 2.68. The van der Waals surface area contributed by atoms with Gasteiger partial charge >= 0.3 is 6.03 Å². The molecule has 0 atom stereocenters. The zero-order valence-corrected chi connectivity index (χ0v) is 13.5. The van der Waals surface area contributed by atoms with Gasteiger partial charge in [0, 0.05) is 31.9 Å². The third kappa shape index (κ3) is 7.66. The van der Waals surface area contributed by atoms with Crippen molar-refractivity contribution >= 4 is 16.1 Å². The second kappa shape index (κ2) is 7.99. The number of amides is 2. The third-order valence-corrected chi connectivity index (χ3v) is 3.44. The predicted octanol–water partition coefficient (Wildman–Crippen LogP) is -0.262. The van der Waals surface area contributed by atoms with Crippen LogP contribution in [0.4, 0.5) is 4.79 Å². The Labute approximate surface area is 125 Å². The molecule has 0 saturated carbocycles. The van der Waals surface area contributed by atoms with Crippen LogP contribution in [0.2, 0.25) is 0 Å². The number of carbonyl (C=O) groups is 1. The number of aromatic nitrogens is 2. The molecule has 0 aromatic carbocycles. The third-order valence-electron chi connectivity index (χ3n) is 2.71. The van der Waals surface area contributed by atoms with Crippen LogP contribution >= 0.6 is 0 Å². The van der Waals surface area contributed by atoms with Gasteiger partial charge in [0.2, 0.25) is 10.0 Å². The van der Waals surface area contributed by atoms with Gasteiger partial charge in [-0.05, 0) is 26.3 Å². The standard InChI is InChI=1S/C12H23N5O3S/c1-10-9-11(2)17(16-10)8-4-5-13-12(18)14-6-7-15-21(3,19)20/h9,15H,4-8H2,1-3H3,(H2,13,14,18). The van der Waals surface area contributed by atoms with Gasteiger partial charge in [-0.1, -0.05) is 0 Å². The lowest BCUT2D eigenvalue weighted by Crippen LogP contribution is -2.40. The first-order chi connectivity index (χ1) is 9.78. The van der Waals surface area contributed by atoms with E-state index >= 15 is 0 Å². The summed E-state index contributed by atoms with van der Waals surface area (Å²) in [7, 11) is -3.21. The van der Waals surface area contributed by atoms with E-state index in [-0.39, 0.29) is 19.1 Å². The lowest BCUT2D eigenvalue weighted by Gasteiger charge is -2.08. The Kier molecular flexibility index (Phi) is 6.63. The van der Waals surface area contributed by atoms with Gasteiger partial charge in [0.25, 0.3) is 0 Å². The molecule has 0 bridgehead atoms. The Balaban J connectivity index is 2.10. The normalized spacial score (nSPS) is 11.4. The highest BCUT2D eigenvalue weighted by Gasteiger charge is 2.03. The number of urea groups is 1. The van der Waals surface area contributed by atoms with Crippen molar-refractivity contribution in [3.05, 3.63) is 17.5 Å². The highest BCUT2D eigenvalue weighted by molar-refractivity contribution is 7.88. The van der Waals surface area contributed by atoms with Gasteiger partial charge in [0.1, 0.15) is 0 Å². The molecule has 1 rings (SSSR count). The molecule has 9 heteroatoms. The number of sulfonamides is 1. The molecule has 0 unspecified atom stereocenters. The van der Waals surface area contributed by atoms with Crippen molar-refractivity contribution in [2.24, 2.45) is 0 Å². The summed E-state index contributed by atoms with van der Waals surface area (Å²) in [4.78, 5) is 11.4. The highest BCUT2D eigenvalue weighted by Crippen LogP contribution is 2.01. The first-order valence-corrected chi connectivity index (χ1v) is 8.64. The van der Waals surface area contributed by atoms with Gasteiger partial charge in [-0.15, -0.1) is 0 Å². The second-order valence-corrected chi connectivity index (χ2v) is 6.69. The van der Waals surface area contributed by atoms with Crippen LogP contribution in [0.1, 0.15) is 17.8 Å². The van der Waals surface area contributed by atoms with E-state index in [2.05, 4.69) is 20.5 Å². The molecule has 8 nitrogen and oxygen atoms in total. The minimum Gasteiger partial charge on any atom is -0.338 e. The van der Waals surface area contributed by atoms with E-state index in [1.54, 1.807) is 0 Å². The Hall–Kier alpha value is -1.61. The summed E-state index contributed by atoms with van der Waals surface area (Å²) in [5, 5.41) is 9.61.